The van der Waals surface area contributed by atoms with Crippen molar-refractivity contribution in [3.63, 3.8) is 0 Å². The second-order valence-corrected chi connectivity index (χ2v) is 5.48. The van der Waals surface area contributed by atoms with Gasteiger partial charge in [-0.2, -0.15) is 0 Å². The number of primary amides is 2. The normalized spacial score (nSPS) is 11.0. The van der Waals surface area contributed by atoms with Crippen LogP contribution in [0, 0.1) is 0 Å². The van der Waals surface area contributed by atoms with Crippen LogP contribution in [0.15, 0.2) is 39.9 Å². The van der Waals surface area contributed by atoms with Crippen LogP contribution >= 0.6 is 0 Å². The zero-order valence-electron chi connectivity index (χ0n) is 15.4. The summed E-state index contributed by atoms with van der Waals surface area (Å²) >= 11 is 0. The number of urea groups is 1. The monoisotopic (exact) mass is 388 g/mol. The van der Waals surface area contributed by atoms with Gasteiger partial charge in [0.1, 0.15) is 12.4 Å². The molecule has 0 aliphatic heterocycles. The highest BCUT2D eigenvalue weighted by atomic mass is 16.5. The second kappa shape index (κ2) is 9.21. The molecule has 0 radical (unpaired) electrons. The molecule has 0 fully saturated rings. The van der Waals surface area contributed by atoms with Crippen molar-refractivity contribution in [1.29, 1.82) is 0 Å². The van der Waals surface area contributed by atoms with Gasteiger partial charge >= 0.3 is 6.03 Å². The molecule has 0 atom stereocenters. The summed E-state index contributed by atoms with van der Waals surface area (Å²) in [5.41, 5.74) is 12.8. The Labute approximate surface area is 160 Å². The molecule has 2 aromatic rings. The lowest BCUT2D eigenvalue weighted by Gasteiger charge is -2.08. The molecule has 10 heteroatoms. The van der Waals surface area contributed by atoms with Gasteiger partial charge in [-0.25, -0.2) is 10.2 Å². The summed E-state index contributed by atoms with van der Waals surface area (Å²) in [6, 6.07) is 6.94. The van der Waals surface area contributed by atoms with Crippen molar-refractivity contribution < 1.29 is 28.3 Å². The average Bonchev–Trinajstić information content (AvgIpc) is 3.07. The topological polar surface area (TPSA) is 159 Å². The highest BCUT2D eigenvalue weighted by molar-refractivity contribution is 5.99. The van der Waals surface area contributed by atoms with Crippen LogP contribution in [0.25, 0.3) is 0 Å². The Kier molecular flexibility index (Phi) is 6.74. The Morgan fingerprint density at radius 3 is 2.50 bits per heavy atom. The summed E-state index contributed by atoms with van der Waals surface area (Å²) in [6.45, 7) is 3.14. The number of nitrogens with one attached hydrogen (secondary N) is 1. The molecule has 0 spiro atoms. The largest absolute Gasteiger partial charge is 0.485 e. The molecule has 0 aliphatic rings. The van der Waals surface area contributed by atoms with Crippen LogP contribution < -0.4 is 21.6 Å². The van der Waals surface area contributed by atoms with Crippen molar-refractivity contribution in [2.24, 2.45) is 16.6 Å². The fourth-order valence-corrected chi connectivity index (χ4v) is 2.28. The lowest BCUT2D eigenvalue weighted by Crippen LogP contribution is -2.26. The molecule has 1 aromatic carbocycles. The minimum Gasteiger partial charge on any atom is -0.485 e. The van der Waals surface area contributed by atoms with Crippen LogP contribution in [-0.2, 0) is 11.3 Å². The van der Waals surface area contributed by atoms with Crippen molar-refractivity contribution in [2.75, 3.05) is 6.61 Å². The molecule has 2 rings (SSSR count). The van der Waals surface area contributed by atoms with Gasteiger partial charge in [-0.15, -0.1) is 5.10 Å². The van der Waals surface area contributed by atoms with Crippen molar-refractivity contribution in [2.45, 2.75) is 20.5 Å². The number of hydrogen-bond acceptors (Lipinski definition) is 7. The smallest absolute Gasteiger partial charge is 0.332 e. The number of amides is 3. The van der Waals surface area contributed by atoms with Crippen molar-refractivity contribution in [1.82, 2.24) is 5.43 Å². The summed E-state index contributed by atoms with van der Waals surface area (Å²) < 4.78 is 16.6. The molecule has 10 nitrogen and oxygen atoms in total. The summed E-state index contributed by atoms with van der Waals surface area (Å²) in [7, 11) is 0. The molecule has 0 bridgehead atoms. The minimum atomic E-state index is -0.887. The summed E-state index contributed by atoms with van der Waals surface area (Å²) in [5.74, 6) is -0.457. The fourth-order valence-electron chi connectivity index (χ4n) is 2.28. The highest BCUT2D eigenvalue weighted by Crippen LogP contribution is 2.23. The van der Waals surface area contributed by atoms with E-state index in [0.717, 1.165) is 0 Å². The first kappa shape index (κ1) is 20.5. The third kappa shape index (κ3) is 5.10. The van der Waals surface area contributed by atoms with Gasteiger partial charge in [0.2, 0.25) is 0 Å². The van der Waals surface area contributed by atoms with Crippen LogP contribution in [0.2, 0.25) is 0 Å². The number of carbonyl (C=O) groups is 3. The van der Waals surface area contributed by atoms with E-state index in [1.54, 1.807) is 25.1 Å². The third-order valence-electron chi connectivity index (χ3n) is 3.46. The Bertz CT molecular complexity index is 919. The maximum absolute atomic E-state index is 12.0. The van der Waals surface area contributed by atoms with E-state index >= 15 is 0 Å². The Hall–Kier alpha value is -3.82. The number of Topliss-reactive ketones (excluding diaryl/α,β-unsaturated/α-hetero) is 1. The number of nitrogens with zero attached hydrogens (tertiary/aromatic N) is 1. The van der Waals surface area contributed by atoms with E-state index in [2.05, 4.69) is 5.10 Å². The van der Waals surface area contributed by atoms with Gasteiger partial charge in [0, 0.05) is 6.07 Å². The molecule has 28 heavy (non-hydrogen) atoms. The van der Waals surface area contributed by atoms with Crippen LogP contribution in [0.5, 0.6) is 5.75 Å². The number of hydrazone groups is 1. The summed E-state index contributed by atoms with van der Waals surface area (Å²) in [4.78, 5) is 34.3. The van der Waals surface area contributed by atoms with E-state index in [9.17, 15) is 14.4 Å². The Morgan fingerprint density at radius 1 is 1.18 bits per heavy atom. The first-order valence-electron chi connectivity index (χ1n) is 8.25. The Morgan fingerprint density at radius 2 is 1.89 bits per heavy atom. The number of furan rings is 1. The molecule has 0 saturated carbocycles. The van der Waals surface area contributed by atoms with Crippen LogP contribution in [0.3, 0.4) is 0 Å². The molecule has 0 aliphatic carbocycles. The van der Waals surface area contributed by atoms with Crippen LogP contribution in [0.1, 0.15) is 46.1 Å². The second-order valence-electron chi connectivity index (χ2n) is 5.48. The van der Waals surface area contributed by atoms with Crippen molar-refractivity contribution in [3.05, 3.63) is 53.0 Å². The van der Waals surface area contributed by atoms with E-state index < -0.39 is 11.9 Å². The number of rotatable bonds is 8. The maximum Gasteiger partial charge on any atom is 0.332 e. The van der Waals surface area contributed by atoms with Crippen molar-refractivity contribution >= 4 is 23.6 Å². The molecular weight excluding hydrogens is 368 g/mol. The lowest BCUT2D eigenvalue weighted by atomic mass is 10.1. The number of para-hydroxylation sites is 1. The lowest BCUT2D eigenvalue weighted by molar-refractivity contribution is 0.0987. The van der Waals surface area contributed by atoms with E-state index in [0.29, 0.717) is 0 Å². The van der Waals surface area contributed by atoms with Gasteiger partial charge in [0.25, 0.3) is 11.8 Å². The molecule has 5 N–H and O–H groups in total. The molecule has 3 amide bonds. The SMILES string of the molecule is CCOC(=NNC(N)=O)c1cc(C(C)=O)c(COc2ccccc2C(N)=O)o1. The summed E-state index contributed by atoms with van der Waals surface area (Å²) in [6.07, 6.45) is 0. The number of ketones is 1. The number of ether oxygens (including phenoxy) is 2. The van der Waals surface area contributed by atoms with E-state index in [1.165, 1.54) is 19.1 Å². The van der Waals surface area contributed by atoms with E-state index in [1.807, 2.05) is 5.43 Å². The predicted molar refractivity (Wildman–Crippen MR) is 98.9 cm³/mol. The molecule has 0 saturated heterocycles. The number of hydrogen-bond donors (Lipinski definition) is 3. The average molecular weight is 388 g/mol. The molecule has 0 unspecified atom stereocenters. The molecule has 148 valence electrons. The van der Waals surface area contributed by atoms with Gasteiger partial charge in [-0.3, -0.25) is 9.59 Å². The van der Waals surface area contributed by atoms with Gasteiger partial charge in [-0.05, 0) is 26.0 Å². The molecule has 1 aromatic heterocycles. The maximum atomic E-state index is 12.0. The number of nitrogens with two attached hydrogens (primary N) is 2. The van der Waals surface area contributed by atoms with E-state index in [-0.39, 0.29) is 53.3 Å². The Balaban J connectivity index is 2.32. The third-order valence-corrected chi connectivity index (χ3v) is 3.46. The predicted octanol–water partition coefficient (Wildman–Crippen LogP) is 1.53. The number of carbonyl (C=O) groups excluding carboxylic acids is 3. The van der Waals surface area contributed by atoms with E-state index in [4.69, 9.17) is 25.4 Å². The minimum absolute atomic E-state index is 0.0624. The van der Waals surface area contributed by atoms with Gasteiger partial charge in [0.05, 0.1) is 17.7 Å². The van der Waals surface area contributed by atoms with Crippen LogP contribution in [0.4, 0.5) is 4.79 Å². The quantitative estimate of drug-likeness (QED) is 0.269. The standard InChI is InChI=1S/C18H20N4O6/c1-3-26-17(21-22-18(20)25)14-8-12(10(2)23)15(28-14)9-27-13-7-5-4-6-11(13)16(19)24/h4-8H,3,9H2,1-2H3,(H2,19,24)(H3,20,22,25). The fraction of sp³-hybridized carbons (Fsp3) is 0.222. The first-order valence-corrected chi connectivity index (χ1v) is 8.25. The van der Waals surface area contributed by atoms with Gasteiger partial charge in [-0.1, -0.05) is 12.1 Å². The first-order chi connectivity index (χ1) is 13.3. The zero-order chi connectivity index (χ0) is 20.7. The molecular formula is C18H20N4O6. The van der Waals surface area contributed by atoms with Gasteiger partial charge in [0.15, 0.2) is 17.3 Å². The highest BCUT2D eigenvalue weighted by Gasteiger charge is 2.20. The summed E-state index contributed by atoms with van der Waals surface area (Å²) in [5, 5.41) is 3.72. The number of benzene rings is 1. The molecule has 1 heterocycles. The van der Waals surface area contributed by atoms with Gasteiger partial charge < -0.3 is 25.4 Å². The van der Waals surface area contributed by atoms with Crippen LogP contribution in [-0.4, -0.2) is 30.2 Å². The van der Waals surface area contributed by atoms with Crippen molar-refractivity contribution in [3.8, 4) is 5.75 Å². The zero-order valence-corrected chi connectivity index (χ0v) is 15.4.